The van der Waals surface area contributed by atoms with Gasteiger partial charge in [0.1, 0.15) is 24.1 Å². The van der Waals surface area contributed by atoms with E-state index in [0.717, 1.165) is 16.7 Å². The fourth-order valence-corrected chi connectivity index (χ4v) is 4.45. The number of nitrogens with one attached hydrogen (secondary N) is 1. The second-order valence-corrected chi connectivity index (χ2v) is 9.64. The van der Waals surface area contributed by atoms with Crippen LogP contribution in [0.4, 0.5) is 9.18 Å². The normalized spacial score (nSPS) is 22.6. The maximum Gasteiger partial charge on any atom is 0.408 e. The quantitative estimate of drug-likeness (QED) is 0.745. The minimum atomic E-state index is -0.897. The van der Waals surface area contributed by atoms with Crippen LogP contribution in [0.5, 0.6) is 0 Å². The monoisotopic (exact) mass is 468 g/mol. The van der Waals surface area contributed by atoms with Crippen LogP contribution in [0.25, 0.3) is 0 Å². The van der Waals surface area contributed by atoms with E-state index in [9.17, 15) is 18.8 Å². The molecular weight excluding hydrogens is 439 g/mol. The first-order chi connectivity index (χ1) is 16.1. The van der Waals surface area contributed by atoms with E-state index in [-0.39, 0.29) is 30.5 Å². The van der Waals surface area contributed by atoms with Crippen molar-refractivity contribution in [2.45, 2.75) is 57.4 Å². The highest BCUT2D eigenvalue weighted by Crippen LogP contribution is 2.36. The summed E-state index contributed by atoms with van der Waals surface area (Å²) >= 11 is 0. The topological polar surface area (TPSA) is 84.9 Å². The number of fused-ring (bicyclic) bond motifs is 1. The van der Waals surface area contributed by atoms with Gasteiger partial charge in [0.2, 0.25) is 0 Å². The Morgan fingerprint density at radius 3 is 2.53 bits per heavy atom. The smallest absolute Gasteiger partial charge is 0.408 e. The Morgan fingerprint density at radius 2 is 1.82 bits per heavy atom. The molecule has 2 heterocycles. The summed E-state index contributed by atoms with van der Waals surface area (Å²) in [7, 11) is 0. The van der Waals surface area contributed by atoms with Crippen LogP contribution in [0.3, 0.4) is 0 Å². The van der Waals surface area contributed by atoms with Crippen molar-refractivity contribution < 1.29 is 28.2 Å². The van der Waals surface area contributed by atoms with Crippen LogP contribution >= 0.6 is 0 Å². The van der Waals surface area contributed by atoms with Crippen LogP contribution in [0.15, 0.2) is 48.5 Å². The van der Waals surface area contributed by atoms with Crippen molar-refractivity contribution in [2.75, 3.05) is 13.2 Å². The lowest BCUT2D eigenvalue weighted by molar-refractivity contribution is -0.154. The molecule has 2 aliphatic heterocycles. The number of alkyl carbamates (subject to hydrolysis) is 1. The van der Waals surface area contributed by atoms with Crippen LogP contribution in [0.1, 0.15) is 49.9 Å². The van der Waals surface area contributed by atoms with Gasteiger partial charge < -0.3 is 19.7 Å². The molecule has 4 rings (SSSR count). The number of benzene rings is 2. The first kappa shape index (κ1) is 23.9. The predicted octanol–water partition coefficient (Wildman–Crippen LogP) is 3.55. The Kier molecular flexibility index (Phi) is 6.70. The van der Waals surface area contributed by atoms with Gasteiger partial charge >= 0.3 is 6.09 Å². The maximum atomic E-state index is 13.7. The molecule has 0 unspecified atom stereocenters. The highest BCUT2D eigenvalue weighted by Gasteiger charge is 2.40. The fourth-order valence-electron chi connectivity index (χ4n) is 4.45. The Morgan fingerprint density at radius 1 is 1.12 bits per heavy atom. The van der Waals surface area contributed by atoms with Gasteiger partial charge in [-0.05, 0) is 56.0 Å². The maximum absolute atomic E-state index is 13.7. The van der Waals surface area contributed by atoms with Crippen molar-refractivity contribution >= 4 is 17.8 Å². The van der Waals surface area contributed by atoms with E-state index in [1.807, 2.05) is 24.3 Å². The molecule has 0 spiro atoms. The number of carbonyl (C=O) groups excluding carboxylic acids is 3. The summed E-state index contributed by atoms with van der Waals surface area (Å²) in [5, 5.41) is 2.57. The molecule has 1 fully saturated rings. The minimum Gasteiger partial charge on any atom is -0.444 e. The average Bonchev–Trinajstić information content (AvgIpc) is 2.79. The molecule has 1 N–H and O–H groups in total. The second kappa shape index (κ2) is 9.54. The van der Waals surface area contributed by atoms with Gasteiger partial charge in [0, 0.05) is 13.0 Å². The van der Waals surface area contributed by atoms with E-state index >= 15 is 0 Å². The van der Waals surface area contributed by atoms with Crippen LogP contribution in [0.2, 0.25) is 0 Å². The number of ketones is 1. The van der Waals surface area contributed by atoms with E-state index in [0.29, 0.717) is 13.0 Å². The molecule has 0 saturated carbocycles. The molecule has 2 aliphatic rings. The van der Waals surface area contributed by atoms with Gasteiger partial charge in [0.15, 0.2) is 5.78 Å². The molecule has 8 heteroatoms. The summed E-state index contributed by atoms with van der Waals surface area (Å²) in [5.74, 6) is -0.933. The molecule has 2 aromatic rings. The van der Waals surface area contributed by atoms with E-state index in [2.05, 4.69) is 5.32 Å². The molecule has 0 radical (unpaired) electrons. The number of hydrogen-bond acceptors (Lipinski definition) is 5. The number of carbonyl (C=O) groups is 3. The lowest BCUT2D eigenvalue weighted by Crippen LogP contribution is -2.54. The summed E-state index contributed by atoms with van der Waals surface area (Å²) < 4.78 is 24.5. The number of Topliss-reactive ketones (excluding diaryl/α,β-unsaturated/α-hetero) is 1. The minimum absolute atomic E-state index is 0.0190. The lowest BCUT2D eigenvalue weighted by Gasteiger charge is -2.40. The third-order valence-electron chi connectivity index (χ3n) is 5.98. The Hall–Kier alpha value is -3.26. The number of halogens is 1. The summed E-state index contributed by atoms with van der Waals surface area (Å²) in [4.78, 5) is 39.9. The molecule has 0 aliphatic carbocycles. The van der Waals surface area contributed by atoms with Gasteiger partial charge in [0.05, 0.1) is 12.1 Å². The summed E-state index contributed by atoms with van der Waals surface area (Å²) in [6, 6.07) is 12.7. The highest BCUT2D eigenvalue weighted by atomic mass is 19.1. The predicted molar refractivity (Wildman–Crippen MR) is 123 cm³/mol. The molecule has 7 nitrogen and oxygen atoms in total. The zero-order valence-electron chi connectivity index (χ0n) is 19.5. The van der Waals surface area contributed by atoms with Crippen molar-refractivity contribution in [3.05, 3.63) is 71.0 Å². The summed E-state index contributed by atoms with van der Waals surface area (Å²) in [5.41, 5.74) is 2.18. The fraction of sp³-hybridized carbons (Fsp3) is 0.423. The van der Waals surface area contributed by atoms with Gasteiger partial charge in [-0.25, -0.2) is 9.18 Å². The number of rotatable bonds is 3. The first-order valence-electron chi connectivity index (χ1n) is 11.4. The summed E-state index contributed by atoms with van der Waals surface area (Å²) in [6.07, 6.45) is -0.920. The zero-order valence-corrected chi connectivity index (χ0v) is 19.5. The Bertz CT molecular complexity index is 1080. The van der Waals surface area contributed by atoms with E-state index < -0.39 is 29.9 Å². The van der Waals surface area contributed by atoms with Crippen LogP contribution < -0.4 is 5.32 Å². The molecule has 0 aromatic heterocycles. The molecule has 3 atom stereocenters. The number of hydrogen-bond donors (Lipinski definition) is 1. The number of ether oxygens (including phenoxy) is 2. The van der Waals surface area contributed by atoms with E-state index in [4.69, 9.17) is 9.47 Å². The van der Waals surface area contributed by atoms with E-state index in [1.165, 1.54) is 12.1 Å². The van der Waals surface area contributed by atoms with Crippen molar-refractivity contribution in [1.29, 1.82) is 0 Å². The Labute approximate surface area is 198 Å². The third kappa shape index (κ3) is 5.28. The SMILES string of the molecule is CC(C)(C)OC(=O)N[C@H]1C[C@H](C(=O)N2CCc3ccccc3[C@@H]2c2ccc(F)cc2)OCC1=O. The first-order valence-corrected chi connectivity index (χ1v) is 11.4. The van der Waals surface area contributed by atoms with Gasteiger partial charge in [0.25, 0.3) is 5.91 Å². The molecule has 0 bridgehead atoms. The van der Waals surface area contributed by atoms with Crippen molar-refractivity contribution in [1.82, 2.24) is 10.2 Å². The highest BCUT2D eigenvalue weighted by molar-refractivity contribution is 5.92. The van der Waals surface area contributed by atoms with Crippen molar-refractivity contribution in [3.8, 4) is 0 Å². The van der Waals surface area contributed by atoms with Gasteiger partial charge in [-0.2, -0.15) is 0 Å². The Balaban J connectivity index is 1.56. The van der Waals surface area contributed by atoms with Gasteiger partial charge in [-0.15, -0.1) is 0 Å². The molecule has 34 heavy (non-hydrogen) atoms. The average molecular weight is 469 g/mol. The van der Waals surface area contributed by atoms with Gasteiger partial charge in [-0.1, -0.05) is 36.4 Å². The molecule has 2 aromatic carbocycles. The summed E-state index contributed by atoms with van der Waals surface area (Å²) in [6.45, 7) is 5.37. The largest absolute Gasteiger partial charge is 0.444 e. The standard InChI is InChI=1S/C26H29FN2O5/c1-26(2,3)34-25(32)28-20-14-22(33-15-21(20)30)24(31)29-13-12-16-6-4-5-7-19(16)23(29)17-8-10-18(27)11-9-17/h4-11,20,22-23H,12-15H2,1-3H3,(H,28,32)/t20-,22+,23-/m0/s1. The lowest BCUT2D eigenvalue weighted by atomic mass is 9.87. The number of nitrogens with zero attached hydrogens (tertiary/aromatic N) is 1. The molecule has 180 valence electrons. The molecular formula is C26H29FN2O5. The molecule has 2 amide bonds. The van der Waals surface area contributed by atoms with Crippen molar-refractivity contribution in [2.24, 2.45) is 0 Å². The third-order valence-corrected chi connectivity index (χ3v) is 5.98. The zero-order chi connectivity index (χ0) is 24.5. The number of amides is 2. The molecule has 1 saturated heterocycles. The van der Waals surface area contributed by atoms with Crippen LogP contribution in [-0.2, 0) is 25.5 Å². The van der Waals surface area contributed by atoms with E-state index in [1.54, 1.807) is 37.8 Å². The second-order valence-electron chi connectivity index (χ2n) is 9.64. The van der Waals surface area contributed by atoms with Crippen LogP contribution in [0, 0.1) is 5.82 Å². The van der Waals surface area contributed by atoms with Crippen molar-refractivity contribution in [3.63, 3.8) is 0 Å². The van der Waals surface area contributed by atoms with Crippen LogP contribution in [-0.4, -0.2) is 53.6 Å². The van der Waals surface area contributed by atoms with Gasteiger partial charge in [-0.3, -0.25) is 9.59 Å².